The molecular weight excluding hydrogens is 354 g/mol. The fourth-order valence-electron chi connectivity index (χ4n) is 2.34. The average molecular weight is 374 g/mol. The largest absolute Gasteiger partial charge is 0.348 e. The van der Waals surface area contributed by atoms with E-state index in [1.807, 2.05) is 48.7 Å². The summed E-state index contributed by atoms with van der Waals surface area (Å²) in [4.78, 5) is 13.8. The van der Waals surface area contributed by atoms with Crippen LogP contribution < -0.4 is 5.32 Å². The summed E-state index contributed by atoms with van der Waals surface area (Å²) in [5, 5.41) is 10.2. The fraction of sp³-hybridized carbons (Fsp3) is 0.263. The van der Waals surface area contributed by atoms with E-state index in [0.717, 1.165) is 10.6 Å². The maximum atomic E-state index is 12.8. The molecule has 0 aliphatic carbocycles. The van der Waals surface area contributed by atoms with Gasteiger partial charge in [-0.1, -0.05) is 43.6 Å². The highest BCUT2D eigenvalue weighted by Gasteiger charge is 2.21. The summed E-state index contributed by atoms with van der Waals surface area (Å²) < 4.78 is 1.62. The van der Waals surface area contributed by atoms with Crippen LogP contribution in [0, 0.1) is 5.92 Å². The van der Waals surface area contributed by atoms with Gasteiger partial charge in [0, 0.05) is 6.04 Å². The molecule has 0 aliphatic rings. The molecule has 0 fully saturated rings. The first-order chi connectivity index (χ1) is 12.0. The zero-order valence-electron chi connectivity index (χ0n) is 14.4. The number of hydrogen-bond acceptors (Lipinski definition) is 3. The van der Waals surface area contributed by atoms with E-state index in [1.165, 1.54) is 0 Å². The molecule has 1 atom stereocenters. The average Bonchev–Trinajstić information content (AvgIpc) is 3.24. The quantitative estimate of drug-likeness (QED) is 0.681. The van der Waals surface area contributed by atoms with E-state index in [9.17, 15) is 4.79 Å². The van der Waals surface area contributed by atoms with Crippen molar-refractivity contribution in [2.75, 3.05) is 0 Å². The lowest BCUT2D eigenvalue weighted by Gasteiger charge is -2.17. The lowest BCUT2D eigenvalue weighted by molar-refractivity contribution is 0.0922. The molecule has 1 N–H and O–H groups in total. The highest BCUT2D eigenvalue weighted by molar-refractivity contribution is 7.13. The summed E-state index contributed by atoms with van der Waals surface area (Å²) in [6, 6.07) is 13.2. The van der Waals surface area contributed by atoms with Crippen LogP contribution in [0.1, 0.15) is 31.3 Å². The standard InChI is InChI=1S/C19H20ClN3OS/c1-12(2)13(3)21-19(24)17-11-15(18-9-6-10-25-18)22-23(17)16-8-5-4-7-14(16)20/h4-13H,1-3H3,(H,21,24)/t13-/m0/s1. The highest BCUT2D eigenvalue weighted by atomic mass is 35.5. The Morgan fingerprint density at radius 1 is 1.20 bits per heavy atom. The molecule has 0 aliphatic heterocycles. The molecule has 2 aromatic heterocycles. The van der Waals surface area contributed by atoms with Crippen LogP contribution in [-0.4, -0.2) is 21.7 Å². The monoisotopic (exact) mass is 373 g/mol. The lowest BCUT2D eigenvalue weighted by Crippen LogP contribution is -2.37. The van der Waals surface area contributed by atoms with Crippen LogP contribution >= 0.6 is 22.9 Å². The minimum Gasteiger partial charge on any atom is -0.348 e. The highest BCUT2D eigenvalue weighted by Crippen LogP contribution is 2.28. The molecular formula is C19H20ClN3OS. The molecule has 0 spiro atoms. The number of thiophene rings is 1. The van der Waals surface area contributed by atoms with Crippen LogP contribution in [-0.2, 0) is 0 Å². The van der Waals surface area contributed by atoms with Gasteiger partial charge in [0.15, 0.2) is 0 Å². The van der Waals surface area contributed by atoms with Gasteiger partial charge in [0.05, 0.1) is 15.6 Å². The zero-order chi connectivity index (χ0) is 18.0. The summed E-state index contributed by atoms with van der Waals surface area (Å²) in [5.41, 5.74) is 1.93. The third-order valence-electron chi connectivity index (χ3n) is 4.16. The van der Waals surface area contributed by atoms with E-state index < -0.39 is 0 Å². The van der Waals surface area contributed by atoms with Gasteiger partial charge in [-0.15, -0.1) is 11.3 Å². The van der Waals surface area contributed by atoms with Crippen molar-refractivity contribution < 1.29 is 4.79 Å². The van der Waals surface area contributed by atoms with Gasteiger partial charge in [0.1, 0.15) is 11.4 Å². The van der Waals surface area contributed by atoms with Gasteiger partial charge in [0.25, 0.3) is 5.91 Å². The van der Waals surface area contributed by atoms with Crippen LogP contribution in [0.25, 0.3) is 16.3 Å². The second-order valence-corrected chi connectivity index (χ2v) is 7.62. The number of amides is 1. The molecule has 1 aromatic carbocycles. The van der Waals surface area contributed by atoms with Crippen LogP contribution in [0.5, 0.6) is 0 Å². The minimum absolute atomic E-state index is 0.0623. The molecule has 6 heteroatoms. The van der Waals surface area contributed by atoms with Gasteiger partial charge in [-0.05, 0) is 42.5 Å². The second-order valence-electron chi connectivity index (χ2n) is 6.26. The number of carbonyl (C=O) groups is 1. The molecule has 0 bridgehead atoms. The van der Waals surface area contributed by atoms with Gasteiger partial charge in [0.2, 0.25) is 0 Å². The number of para-hydroxylation sites is 1. The molecule has 25 heavy (non-hydrogen) atoms. The molecule has 2 heterocycles. The predicted octanol–water partition coefficient (Wildman–Crippen LogP) is 5.03. The molecule has 1 amide bonds. The molecule has 0 saturated carbocycles. The number of nitrogens with one attached hydrogen (secondary N) is 1. The third-order valence-corrected chi connectivity index (χ3v) is 5.37. The first-order valence-electron chi connectivity index (χ1n) is 8.17. The first-order valence-corrected chi connectivity index (χ1v) is 9.43. The fourth-order valence-corrected chi connectivity index (χ4v) is 3.24. The number of hydrogen-bond donors (Lipinski definition) is 1. The second kappa shape index (κ2) is 7.42. The van der Waals surface area contributed by atoms with E-state index in [2.05, 4.69) is 24.3 Å². The predicted molar refractivity (Wildman–Crippen MR) is 104 cm³/mol. The van der Waals surface area contributed by atoms with E-state index in [-0.39, 0.29) is 11.9 Å². The van der Waals surface area contributed by atoms with Crippen molar-refractivity contribution in [3.63, 3.8) is 0 Å². The van der Waals surface area contributed by atoms with Gasteiger partial charge < -0.3 is 5.32 Å². The molecule has 0 radical (unpaired) electrons. The summed E-state index contributed by atoms with van der Waals surface area (Å²) in [6.07, 6.45) is 0. The van der Waals surface area contributed by atoms with E-state index in [1.54, 1.807) is 22.1 Å². The van der Waals surface area contributed by atoms with Crippen LogP contribution in [0.15, 0.2) is 47.8 Å². The van der Waals surface area contributed by atoms with Crippen molar-refractivity contribution in [1.82, 2.24) is 15.1 Å². The van der Waals surface area contributed by atoms with Crippen LogP contribution in [0.2, 0.25) is 5.02 Å². The summed E-state index contributed by atoms with van der Waals surface area (Å²) >= 11 is 7.92. The topological polar surface area (TPSA) is 46.9 Å². The Hall–Kier alpha value is -2.11. The Labute approximate surface area is 156 Å². The number of halogens is 1. The molecule has 0 unspecified atom stereocenters. The SMILES string of the molecule is CC(C)[C@H](C)NC(=O)c1cc(-c2cccs2)nn1-c1ccccc1Cl. The maximum absolute atomic E-state index is 12.8. The Morgan fingerprint density at radius 2 is 1.96 bits per heavy atom. The number of nitrogens with zero attached hydrogens (tertiary/aromatic N) is 2. The van der Waals surface area contributed by atoms with Crippen LogP contribution in [0.3, 0.4) is 0 Å². The molecule has 0 saturated heterocycles. The number of carbonyl (C=O) groups excluding carboxylic acids is 1. The summed E-state index contributed by atoms with van der Waals surface area (Å²) in [7, 11) is 0. The van der Waals surface area contributed by atoms with E-state index in [4.69, 9.17) is 11.6 Å². The number of rotatable bonds is 5. The van der Waals surface area contributed by atoms with E-state index >= 15 is 0 Å². The van der Waals surface area contributed by atoms with Crippen molar-refractivity contribution in [1.29, 1.82) is 0 Å². The van der Waals surface area contributed by atoms with Crippen LogP contribution in [0.4, 0.5) is 0 Å². The Kier molecular flexibility index (Phi) is 5.25. The first kappa shape index (κ1) is 17.7. The van der Waals surface area contributed by atoms with Crippen molar-refractivity contribution in [2.24, 2.45) is 5.92 Å². The number of aromatic nitrogens is 2. The van der Waals surface area contributed by atoms with Gasteiger partial charge in [-0.25, -0.2) is 4.68 Å². The maximum Gasteiger partial charge on any atom is 0.270 e. The minimum atomic E-state index is -0.156. The Morgan fingerprint density at radius 3 is 2.60 bits per heavy atom. The van der Waals surface area contributed by atoms with Crippen molar-refractivity contribution in [2.45, 2.75) is 26.8 Å². The normalized spacial score (nSPS) is 12.4. The van der Waals surface area contributed by atoms with Crippen molar-refractivity contribution in [3.8, 4) is 16.3 Å². The number of benzene rings is 1. The molecule has 3 rings (SSSR count). The van der Waals surface area contributed by atoms with Crippen molar-refractivity contribution >= 4 is 28.8 Å². The Bertz CT molecular complexity index is 871. The van der Waals surface area contributed by atoms with Gasteiger partial charge >= 0.3 is 0 Å². The Balaban J connectivity index is 2.06. The molecule has 130 valence electrons. The summed E-state index contributed by atoms with van der Waals surface area (Å²) in [6.45, 7) is 6.15. The van der Waals surface area contributed by atoms with Gasteiger partial charge in [-0.2, -0.15) is 5.10 Å². The zero-order valence-corrected chi connectivity index (χ0v) is 15.9. The molecule has 4 nitrogen and oxygen atoms in total. The lowest BCUT2D eigenvalue weighted by atomic mass is 10.1. The van der Waals surface area contributed by atoms with Gasteiger partial charge in [-0.3, -0.25) is 4.79 Å². The smallest absolute Gasteiger partial charge is 0.270 e. The summed E-state index contributed by atoms with van der Waals surface area (Å²) in [5.74, 6) is 0.189. The van der Waals surface area contributed by atoms with E-state index in [0.29, 0.717) is 22.3 Å². The third kappa shape index (κ3) is 3.78. The van der Waals surface area contributed by atoms with Crippen molar-refractivity contribution in [3.05, 3.63) is 58.6 Å². The molecule has 3 aromatic rings.